The van der Waals surface area contributed by atoms with Crippen LogP contribution in [0.15, 0.2) is 36.7 Å². The van der Waals surface area contributed by atoms with E-state index in [2.05, 4.69) is 4.98 Å². The van der Waals surface area contributed by atoms with E-state index in [1.54, 1.807) is 6.07 Å². The number of halogens is 1. The van der Waals surface area contributed by atoms with E-state index < -0.39 is 5.82 Å². The second kappa shape index (κ2) is 4.94. The summed E-state index contributed by atoms with van der Waals surface area (Å²) in [5.41, 5.74) is 0.240. The molecular formula is C13H6FN3O. The molecule has 0 aliphatic heterocycles. The van der Waals surface area contributed by atoms with Crippen LogP contribution in [-0.4, -0.2) is 4.98 Å². The molecule has 0 unspecified atom stereocenters. The van der Waals surface area contributed by atoms with E-state index in [0.717, 1.165) is 6.07 Å². The number of aromatic nitrogens is 1. The number of nitrogens with zero attached hydrogens (tertiary/aromatic N) is 3. The Morgan fingerprint density at radius 1 is 1.11 bits per heavy atom. The Labute approximate surface area is 103 Å². The zero-order chi connectivity index (χ0) is 13.0. The maximum absolute atomic E-state index is 13.4. The Morgan fingerprint density at radius 3 is 2.56 bits per heavy atom. The van der Waals surface area contributed by atoms with E-state index in [0.29, 0.717) is 5.56 Å². The second-order valence-corrected chi connectivity index (χ2v) is 3.34. The van der Waals surface area contributed by atoms with Gasteiger partial charge in [-0.15, -0.1) is 0 Å². The van der Waals surface area contributed by atoms with Crippen molar-refractivity contribution in [2.75, 3.05) is 0 Å². The highest BCUT2D eigenvalue weighted by molar-refractivity contribution is 5.44. The topological polar surface area (TPSA) is 69.7 Å². The summed E-state index contributed by atoms with van der Waals surface area (Å²) in [5.74, 6) is -0.225. The van der Waals surface area contributed by atoms with Crippen molar-refractivity contribution in [1.82, 2.24) is 4.98 Å². The Balaban J connectivity index is 2.33. The number of nitriles is 2. The largest absolute Gasteiger partial charge is 0.454 e. The van der Waals surface area contributed by atoms with Gasteiger partial charge in [-0.25, -0.2) is 4.39 Å². The normalized spacial score (nSPS) is 9.28. The molecule has 0 bridgehead atoms. The van der Waals surface area contributed by atoms with Gasteiger partial charge >= 0.3 is 0 Å². The van der Waals surface area contributed by atoms with Gasteiger partial charge in [0.05, 0.1) is 17.3 Å². The van der Waals surface area contributed by atoms with Gasteiger partial charge < -0.3 is 4.74 Å². The fourth-order valence-electron chi connectivity index (χ4n) is 1.33. The van der Waals surface area contributed by atoms with E-state index in [-0.39, 0.29) is 17.1 Å². The molecule has 0 N–H and O–H groups in total. The van der Waals surface area contributed by atoms with E-state index in [9.17, 15) is 4.39 Å². The first-order valence-electron chi connectivity index (χ1n) is 4.96. The molecule has 0 aliphatic rings. The van der Waals surface area contributed by atoms with E-state index in [4.69, 9.17) is 15.3 Å². The monoisotopic (exact) mass is 239 g/mol. The van der Waals surface area contributed by atoms with Crippen LogP contribution in [0.4, 0.5) is 4.39 Å². The van der Waals surface area contributed by atoms with Crippen LogP contribution in [0, 0.1) is 28.5 Å². The highest BCUT2D eigenvalue weighted by Gasteiger charge is 2.07. The average molecular weight is 239 g/mol. The predicted molar refractivity (Wildman–Crippen MR) is 60.1 cm³/mol. The Bertz CT molecular complexity index is 671. The maximum atomic E-state index is 13.4. The maximum Gasteiger partial charge on any atom is 0.163 e. The lowest BCUT2D eigenvalue weighted by atomic mass is 10.2. The minimum absolute atomic E-state index is 0.0611. The fourth-order valence-corrected chi connectivity index (χ4v) is 1.33. The van der Waals surface area contributed by atoms with Crippen LogP contribution in [0.1, 0.15) is 11.1 Å². The Morgan fingerprint density at radius 2 is 1.89 bits per heavy atom. The first-order chi connectivity index (χ1) is 8.74. The van der Waals surface area contributed by atoms with Gasteiger partial charge in [0.15, 0.2) is 5.75 Å². The second-order valence-electron chi connectivity index (χ2n) is 3.34. The number of pyridine rings is 1. The van der Waals surface area contributed by atoms with Crippen molar-refractivity contribution < 1.29 is 9.13 Å². The molecular weight excluding hydrogens is 233 g/mol. The third-order valence-corrected chi connectivity index (χ3v) is 2.19. The summed E-state index contributed by atoms with van der Waals surface area (Å²) in [6, 6.07) is 9.01. The van der Waals surface area contributed by atoms with Crippen molar-refractivity contribution in [3.05, 3.63) is 53.6 Å². The molecule has 4 nitrogen and oxygen atoms in total. The Hall–Kier alpha value is -2.92. The molecule has 0 aliphatic carbocycles. The summed E-state index contributed by atoms with van der Waals surface area (Å²) < 4.78 is 18.7. The molecule has 86 valence electrons. The third-order valence-electron chi connectivity index (χ3n) is 2.19. The molecule has 0 amide bonds. The van der Waals surface area contributed by atoms with Crippen molar-refractivity contribution in [3.8, 4) is 23.6 Å². The van der Waals surface area contributed by atoms with Crippen LogP contribution in [-0.2, 0) is 0 Å². The molecule has 0 radical (unpaired) electrons. The highest BCUT2D eigenvalue weighted by atomic mass is 19.1. The number of ether oxygens (including phenoxy) is 1. The molecule has 2 aromatic rings. The molecule has 5 heteroatoms. The van der Waals surface area contributed by atoms with Gasteiger partial charge in [-0.3, -0.25) is 4.98 Å². The zero-order valence-electron chi connectivity index (χ0n) is 9.09. The summed E-state index contributed by atoms with van der Waals surface area (Å²) in [4.78, 5) is 3.82. The summed E-state index contributed by atoms with van der Waals surface area (Å²) in [7, 11) is 0. The standard InChI is InChI=1S/C13H6FN3O/c14-12-5-11(2-1-9(12)6-15)18-13-8-17-4-3-10(13)7-16/h1-5,8H. The van der Waals surface area contributed by atoms with Crippen LogP contribution in [0.2, 0.25) is 0 Å². The number of benzene rings is 1. The lowest BCUT2D eigenvalue weighted by Crippen LogP contribution is -1.91. The van der Waals surface area contributed by atoms with Gasteiger partial charge in [0.2, 0.25) is 0 Å². The molecule has 18 heavy (non-hydrogen) atoms. The van der Waals surface area contributed by atoms with Crippen LogP contribution in [0.5, 0.6) is 11.5 Å². The smallest absolute Gasteiger partial charge is 0.163 e. The van der Waals surface area contributed by atoms with E-state index >= 15 is 0 Å². The molecule has 0 saturated carbocycles. The van der Waals surface area contributed by atoms with Crippen molar-refractivity contribution in [2.45, 2.75) is 0 Å². The summed E-state index contributed by atoms with van der Waals surface area (Å²) in [6.45, 7) is 0. The van der Waals surface area contributed by atoms with Crippen molar-refractivity contribution in [2.24, 2.45) is 0 Å². The van der Waals surface area contributed by atoms with Gasteiger partial charge in [-0.2, -0.15) is 10.5 Å². The molecule has 1 aromatic carbocycles. The van der Waals surface area contributed by atoms with Crippen LogP contribution < -0.4 is 4.74 Å². The summed E-state index contributed by atoms with van der Waals surface area (Å²) in [6.07, 6.45) is 2.83. The molecule has 1 heterocycles. The number of hydrogen-bond donors (Lipinski definition) is 0. The predicted octanol–water partition coefficient (Wildman–Crippen LogP) is 2.76. The minimum Gasteiger partial charge on any atom is -0.454 e. The molecule has 0 atom stereocenters. The van der Waals surface area contributed by atoms with E-state index in [1.165, 1.54) is 30.6 Å². The lowest BCUT2D eigenvalue weighted by molar-refractivity contribution is 0.472. The SMILES string of the molecule is N#Cc1ccc(Oc2cnccc2C#N)cc1F. The van der Waals surface area contributed by atoms with Gasteiger partial charge in [-0.05, 0) is 18.2 Å². The van der Waals surface area contributed by atoms with Crippen LogP contribution >= 0.6 is 0 Å². The molecule has 2 rings (SSSR count). The summed E-state index contributed by atoms with van der Waals surface area (Å²) >= 11 is 0. The summed E-state index contributed by atoms with van der Waals surface area (Å²) in [5, 5.41) is 17.5. The first kappa shape index (κ1) is 11.6. The molecule has 1 aromatic heterocycles. The van der Waals surface area contributed by atoms with Crippen molar-refractivity contribution >= 4 is 0 Å². The molecule has 0 fully saturated rings. The quantitative estimate of drug-likeness (QED) is 0.807. The van der Waals surface area contributed by atoms with Crippen LogP contribution in [0.3, 0.4) is 0 Å². The molecule has 0 saturated heterocycles. The Kier molecular flexibility index (Phi) is 3.17. The first-order valence-corrected chi connectivity index (χ1v) is 4.96. The number of hydrogen-bond acceptors (Lipinski definition) is 4. The zero-order valence-corrected chi connectivity index (χ0v) is 9.09. The minimum atomic E-state index is -0.669. The average Bonchev–Trinajstić information content (AvgIpc) is 2.39. The third kappa shape index (κ3) is 2.26. The van der Waals surface area contributed by atoms with Gasteiger partial charge in [0.1, 0.15) is 23.7 Å². The van der Waals surface area contributed by atoms with E-state index in [1.807, 2.05) is 6.07 Å². The highest BCUT2D eigenvalue weighted by Crippen LogP contribution is 2.25. The lowest BCUT2D eigenvalue weighted by Gasteiger charge is -2.06. The molecule has 0 spiro atoms. The van der Waals surface area contributed by atoms with Crippen LogP contribution in [0.25, 0.3) is 0 Å². The number of rotatable bonds is 2. The van der Waals surface area contributed by atoms with Crippen molar-refractivity contribution in [3.63, 3.8) is 0 Å². The van der Waals surface area contributed by atoms with Gasteiger partial charge in [0.25, 0.3) is 0 Å². The van der Waals surface area contributed by atoms with Gasteiger partial charge in [-0.1, -0.05) is 0 Å². The van der Waals surface area contributed by atoms with Crippen molar-refractivity contribution in [1.29, 1.82) is 10.5 Å². The van der Waals surface area contributed by atoms with Gasteiger partial charge in [0, 0.05) is 12.3 Å². The fraction of sp³-hybridized carbons (Fsp3) is 0.